The zero-order chi connectivity index (χ0) is 14.5. The molecule has 20 heavy (non-hydrogen) atoms. The fourth-order valence-electron chi connectivity index (χ4n) is 3.09. The van der Waals surface area contributed by atoms with Gasteiger partial charge >= 0.3 is 0 Å². The zero-order valence-corrected chi connectivity index (χ0v) is 13.3. The highest BCUT2D eigenvalue weighted by molar-refractivity contribution is 5.57. The number of rotatable bonds is 5. The van der Waals surface area contributed by atoms with Crippen molar-refractivity contribution in [1.82, 2.24) is 9.97 Å². The summed E-state index contributed by atoms with van der Waals surface area (Å²) in [5.41, 5.74) is 1.14. The summed E-state index contributed by atoms with van der Waals surface area (Å²) in [6.45, 7) is 9.34. The Morgan fingerprint density at radius 1 is 1.10 bits per heavy atom. The topological polar surface area (TPSA) is 49.8 Å². The predicted molar refractivity (Wildman–Crippen MR) is 85.3 cm³/mol. The molecule has 1 saturated carbocycles. The van der Waals surface area contributed by atoms with Crippen LogP contribution >= 0.6 is 0 Å². The first-order chi connectivity index (χ1) is 9.63. The Hall–Kier alpha value is -1.32. The molecule has 0 bridgehead atoms. The molecule has 112 valence electrons. The van der Waals surface area contributed by atoms with Crippen molar-refractivity contribution in [2.45, 2.75) is 65.8 Å². The van der Waals surface area contributed by atoms with Crippen LogP contribution in [0.1, 0.15) is 57.3 Å². The first kappa shape index (κ1) is 15.1. The van der Waals surface area contributed by atoms with Crippen molar-refractivity contribution in [2.24, 2.45) is 5.92 Å². The van der Waals surface area contributed by atoms with Gasteiger partial charge in [0.2, 0.25) is 0 Å². The molecule has 2 atom stereocenters. The highest BCUT2D eigenvalue weighted by Gasteiger charge is 2.22. The van der Waals surface area contributed by atoms with Crippen LogP contribution in [0.3, 0.4) is 0 Å². The number of aryl methyl sites for hydroxylation is 1. The van der Waals surface area contributed by atoms with Gasteiger partial charge in [0.1, 0.15) is 17.5 Å². The van der Waals surface area contributed by atoms with Gasteiger partial charge in [0.25, 0.3) is 0 Å². The molecule has 2 N–H and O–H groups in total. The van der Waals surface area contributed by atoms with Crippen LogP contribution in [0.25, 0.3) is 0 Å². The quantitative estimate of drug-likeness (QED) is 0.856. The Balaban J connectivity index is 2.12. The Morgan fingerprint density at radius 3 is 2.55 bits per heavy atom. The van der Waals surface area contributed by atoms with E-state index in [1.54, 1.807) is 0 Å². The highest BCUT2D eigenvalue weighted by Crippen LogP contribution is 2.29. The largest absolute Gasteiger partial charge is 0.370 e. The summed E-state index contributed by atoms with van der Waals surface area (Å²) in [5, 5.41) is 6.99. The number of anilines is 2. The molecule has 4 nitrogen and oxygen atoms in total. The third-order valence-electron chi connectivity index (χ3n) is 4.30. The smallest absolute Gasteiger partial charge is 0.134 e. The van der Waals surface area contributed by atoms with E-state index < -0.39 is 0 Å². The number of nitrogens with zero attached hydrogens (tertiary/aromatic N) is 2. The Morgan fingerprint density at radius 2 is 1.85 bits per heavy atom. The lowest BCUT2D eigenvalue weighted by Crippen LogP contribution is -2.28. The Labute approximate surface area is 122 Å². The molecule has 0 saturated heterocycles. The molecule has 1 aromatic rings. The molecule has 0 radical (unpaired) electrons. The van der Waals surface area contributed by atoms with Gasteiger partial charge < -0.3 is 10.6 Å². The summed E-state index contributed by atoms with van der Waals surface area (Å²) in [6.07, 6.45) is 6.55. The van der Waals surface area contributed by atoms with Crippen LogP contribution in [-0.2, 0) is 0 Å². The zero-order valence-electron chi connectivity index (χ0n) is 13.3. The minimum absolute atomic E-state index is 0.566. The monoisotopic (exact) mass is 276 g/mol. The molecular formula is C16H28N4. The second-order valence-electron chi connectivity index (χ2n) is 5.91. The van der Waals surface area contributed by atoms with Gasteiger partial charge in [-0.1, -0.05) is 26.2 Å². The summed E-state index contributed by atoms with van der Waals surface area (Å²) in [5.74, 6) is 3.68. The van der Waals surface area contributed by atoms with Gasteiger partial charge in [-0.05, 0) is 39.5 Å². The van der Waals surface area contributed by atoms with Crippen molar-refractivity contribution in [3.63, 3.8) is 0 Å². The molecule has 0 aliphatic heterocycles. The maximum Gasteiger partial charge on any atom is 0.134 e. The normalized spacial score (nSPS) is 22.6. The summed E-state index contributed by atoms with van der Waals surface area (Å²) >= 11 is 0. The average molecular weight is 276 g/mol. The second kappa shape index (κ2) is 6.91. The summed E-state index contributed by atoms with van der Waals surface area (Å²) in [4.78, 5) is 9.08. The molecule has 4 heteroatoms. The molecule has 0 aromatic carbocycles. The molecule has 1 aliphatic rings. The minimum Gasteiger partial charge on any atom is -0.370 e. The van der Waals surface area contributed by atoms with Gasteiger partial charge in [0, 0.05) is 18.2 Å². The van der Waals surface area contributed by atoms with Gasteiger partial charge in [0.15, 0.2) is 0 Å². The average Bonchev–Trinajstić information content (AvgIpc) is 2.44. The van der Waals surface area contributed by atoms with E-state index in [2.05, 4.69) is 41.4 Å². The molecule has 1 fully saturated rings. The number of aromatic nitrogens is 2. The molecule has 1 aromatic heterocycles. The van der Waals surface area contributed by atoms with Crippen molar-refractivity contribution in [3.05, 3.63) is 11.4 Å². The van der Waals surface area contributed by atoms with Crippen LogP contribution in [0.5, 0.6) is 0 Å². The number of nitrogens with one attached hydrogen (secondary N) is 2. The third kappa shape index (κ3) is 3.62. The molecule has 2 unspecified atom stereocenters. The Bertz CT molecular complexity index is 444. The lowest BCUT2D eigenvalue weighted by molar-refractivity contribution is 0.327. The van der Waals surface area contributed by atoms with Crippen LogP contribution in [-0.4, -0.2) is 22.6 Å². The third-order valence-corrected chi connectivity index (χ3v) is 4.30. The van der Waals surface area contributed by atoms with Crippen molar-refractivity contribution < 1.29 is 0 Å². The maximum absolute atomic E-state index is 4.60. The van der Waals surface area contributed by atoms with E-state index in [0.29, 0.717) is 6.04 Å². The predicted octanol–water partition coefficient (Wildman–Crippen LogP) is 3.91. The van der Waals surface area contributed by atoms with Crippen LogP contribution in [0.2, 0.25) is 0 Å². The van der Waals surface area contributed by atoms with Crippen LogP contribution in [0.15, 0.2) is 0 Å². The Kier molecular flexibility index (Phi) is 5.21. The fourth-order valence-corrected chi connectivity index (χ4v) is 3.09. The summed E-state index contributed by atoms with van der Waals surface area (Å²) in [7, 11) is 0. The molecular weight excluding hydrogens is 248 g/mol. The van der Waals surface area contributed by atoms with Crippen molar-refractivity contribution in [2.75, 3.05) is 17.2 Å². The van der Waals surface area contributed by atoms with Crippen LogP contribution in [0, 0.1) is 19.8 Å². The molecule has 1 aliphatic carbocycles. The van der Waals surface area contributed by atoms with Gasteiger partial charge in [-0.15, -0.1) is 0 Å². The van der Waals surface area contributed by atoms with E-state index in [1.165, 1.54) is 32.1 Å². The number of hydrogen-bond acceptors (Lipinski definition) is 4. The van der Waals surface area contributed by atoms with E-state index in [4.69, 9.17) is 0 Å². The molecule has 1 heterocycles. The SMILES string of the molecule is CCNc1nc(C)nc(NC2CCCC(CC)C2)c1C. The first-order valence-electron chi connectivity index (χ1n) is 7.99. The van der Waals surface area contributed by atoms with Gasteiger partial charge in [-0.3, -0.25) is 0 Å². The molecule has 0 amide bonds. The number of hydrogen-bond donors (Lipinski definition) is 2. The molecule has 0 spiro atoms. The van der Waals surface area contributed by atoms with Crippen molar-refractivity contribution in [3.8, 4) is 0 Å². The van der Waals surface area contributed by atoms with Crippen LogP contribution < -0.4 is 10.6 Å². The summed E-state index contributed by atoms with van der Waals surface area (Å²) in [6, 6.07) is 0.566. The van der Waals surface area contributed by atoms with E-state index in [9.17, 15) is 0 Å². The van der Waals surface area contributed by atoms with E-state index in [-0.39, 0.29) is 0 Å². The van der Waals surface area contributed by atoms with Gasteiger partial charge in [-0.2, -0.15) is 0 Å². The minimum atomic E-state index is 0.566. The summed E-state index contributed by atoms with van der Waals surface area (Å²) < 4.78 is 0. The highest BCUT2D eigenvalue weighted by atomic mass is 15.1. The lowest BCUT2D eigenvalue weighted by Gasteiger charge is -2.30. The van der Waals surface area contributed by atoms with Crippen molar-refractivity contribution >= 4 is 11.6 Å². The van der Waals surface area contributed by atoms with Crippen LogP contribution in [0.4, 0.5) is 11.6 Å². The van der Waals surface area contributed by atoms with E-state index >= 15 is 0 Å². The maximum atomic E-state index is 4.60. The first-order valence-corrected chi connectivity index (χ1v) is 7.99. The fraction of sp³-hybridized carbons (Fsp3) is 0.750. The van der Waals surface area contributed by atoms with Gasteiger partial charge in [-0.25, -0.2) is 9.97 Å². The van der Waals surface area contributed by atoms with Gasteiger partial charge in [0.05, 0.1) is 0 Å². The lowest BCUT2D eigenvalue weighted by atomic mass is 9.84. The molecule has 2 rings (SSSR count). The standard InChI is InChI=1S/C16H28N4/c1-5-13-8-7-9-14(10-13)20-16-11(3)15(17-6-2)18-12(4)19-16/h13-14H,5-10H2,1-4H3,(H2,17,18,19,20). The second-order valence-corrected chi connectivity index (χ2v) is 5.91. The van der Waals surface area contributed by atoms with Crippen molar-refractivity contribution in [1.29, 1.82) is 0 Å². The van der Waals surface area contributed by atoms with E-state index in [1.807, 2.05) is 6.92 Å². The van der Waals surface area contributed by atoms with E-state index in [0.717, 1.165) is 35.5 Å².